The largest absolute Gasteiger partial charge is 0.493 e. The Bertz CT molecular complexity index is 1590. The molecule has 3 N–H and O–H groups in total. The van der Waals surface area contributed by atoms with Crippen molar-refractivity contribution in [1.82, 2.24) is 20.2 Å². The topological polar surface area (TPSA) is 126 Å². The number of nitrogens with one attached hydrogen (secondary N) is 3. The highest BCUT2D eigenvalue weighted by Gasteiger charge is 2.54. The molecule has 266 valence electrons. The van der Waals surface area contributed by atoms with E-state index in [1.165, 1.54) is 11.1 Å². The van der Waals surface area contributed by atoms with Gasteiger partial charge in [0.1, 0.15) is 10.8 Å². The van der Waals surface area contributed by atoms with E-state index in [-0.39, 0.29) is 0 Å². The van der Waals surface area contributed by atoms with Crippen LogP contribution in [0, 0.1) is 0 Å². The fraction of sp³-hybridized carbons (Fsp3) is 0.345. The highest BCUT2D eigenvalue weighted by Crippen LogP contribution is 2.28. The summed E-state index contributed by atoms with van der Waals surface area (Å²) in [5.41, 5.74) is 4.31. The van der Waals surface area contributed by atoms with Gasteiger partial charge in [0, 0.05) is 56.6 Å². The highest BCUT2D eigenvalue weighted by atomic mass is 35.5. The lowest BCUT2D eigenvalue weighted by molar-refractivity contribution is -0.193. The number of Topliss-reactive ketones (excluding diaryl/α,β-unsaturated/α-hetero) is 2. The van der Waals surface area contributed by atoms with E-state index >= 15 is 0 Å². The lowest BCUT2D eigenvalue weighted by Crippen LogP contribution is -2.42. The summed E-state index contributed by atoms with van der Waals surface area (Å²) in [6.07, 6.45) is -14.8. The summed E-state index contributed by atoms with van der Waals surface area (Å²) in [4.78, 5) is 39.4. The molecule has 49 heavy (non-hydrogen) atoms. The van der Waals surface area contributed by atoms with Crippen molar-refractivity contribution in [1.29, 1.82) is 0 Å². The number of anilines is 4. The van der Waals surface area contributed by atoms with Crippen LogP contribution in [-0.2, 0) is 27.3 Å². The van der Waals surface area contributed by atoms with Gasteiger partial charge in [-0.15, -0.1) is 0 Å². The first-order chi connectivity index (χ1) is 22.8. The lowest BCUT2D eigenvalue weighted by Gasteiger charge is -2.27. The molecule has 10 nitrogen and oxygen atoms in total. The van der Waals surface area contributed by atoms with Crippen molar-refractivity contribution in [2.24, 2.45) is 0 Å². The molecule has 0 unspecified atom stereocenters. The van der Waals surface area contributed by atoms with Gasteiger partial charge in [-0.2, -0.15) is 44.5 Å². The Morgan fingerprint density at radius 1 is 0.898 bits per heavy atom. The second-order valence-corrected chi connectivity index (χ2v) is 10.6. The Hall–Kier alpha value is -4.49. The molecule has 20 heteroatoms. The maximum Gasteiger partial charge on any atom is 0.458 e. The van der Waals surface area contributed by atoms with E-state index in [0.717, 1.165) is 56.3 Å². The van der Waals surface area contributed by atoms with Crippen LogP contribution in [0.2, 0.25) is 5.02 Å². The monoisotopic (exact) mass is 728 g/mol. The predicted octanol–water partition coefficient (Wildman–Crippen LogP) is 5.95. The van der Waals surface area contributed by atoms with Gasteiger partial charge in [0.25, 0.3) is 0 Å². The lowest BCUT2D eigenvalue weighted by atomic mass is 10.1. The average molecular weight is 729 g/mol. The first kappa shape index (κ1) is 39.0. The number of nitrogens with zero attached hydrogens (tertiary/aromatic N) is 3. The number of hydrogen-bond acceptors (Lipinski definition) is 10. The molecule has 0 radical (unpaired) electrons. The average Bonchev–Trinajstić information content (AvgIpc) is 3.01. The summed E-state index contributed by atoms with van der Waals surface area (Å²) < 4.78 is 104. The third-order valence-corrected chi connectivity index (χ3v) is 6.56. The van der Waals surface area contributed by atoms with Crippen LogP contribution < -0.4 is 20.7 Å². The van der Waals surface area contributed by atoms with Gasteiger partial charge in [0.15, 0.2) is 5.82 Å². The minimum Gasteiger partial charge on any atom is -0.493 e. The zero-order chi connectivity index (χ0) is 36.4. The molecule has 1 aromatic heterocycles. The summed E-state index contributed by atoms with van der Waals surface area (Å²) in [7, 11) is 0. The summed E-state index contributed by atoms with van der Waals surface area (Å²) in [6.45, 7) is 5.70. The molecule has 2 aromatic carbocycles. The van der Waals surface area contributed by atoms with E-state index in [2.05, 4.69) is 49.0 Å². The Morgan fingerprint density at radius 3 is 2.12 bits per heavy atom. The van der Waals surface area contributed by atoms with E-state index in [4.69, 9.17) is 21.1 Å². The van der Waals surface area contributed by atoms with Crippen LogP contribution >= 0.6 is 11.6 Å². The standard InChI is InChI=1S/C23H25ClN6O.C4F6O2.C2HF3O/c24-21-14-26-23-28-19-11-16(10-17(12-19)15-30-7-5-25-6-8-30)4-9-31-20-3-1-2-18(13-20)27-22(21)29-23;5-3(6,7)1(11)2(12)4(8,9)10;3-2(4,5)1-6/h1-3,10-14,25H,4-9,15H2,(H2,26,27,28,29);;1H. The Balaban J connectivity index is 0.000000301. The molecule has 6 bridgehead atoms. The first-order valence-electron chi connectivity index (χ1n) is 13.9. The van der Waals surface area contributed by atoms with Crippen molar-refractivity contribution in [3.63, 3.8) is 0 Å². The molecule has 2 aliphatic heterocycles. The maximum atomic E-state index is 11.2. The van der Waals surface area contributed by atoms with Crippen LogP contribution in [0.25, 0.3) is 0 Å². The summed E-state index contributed by atoms with van der Waals surface area (Å²) in [5.74, 6) is -4.96. The van der Waals surface area contributed by atoms with Gasteiger partial charge in [-0.25, -0.2) is 4.98 Å². The third-order valence-electron chi connectivity index (χ3n) is 6.28. The number of ether oxygens (including phenoxy) is 1. The number of alkyl halides is 9. The van der Waals surface area contributed by atoms with Gasteiger partial charge in [-0.3, -0.25) is 19.3 Å². The molecular formula is C29H26ClF9N6O4. The minimum absolute atomic E-state index is 0.456. The molecule has 0 amide bonds. The molecule has 3 aromatic rings. The number of carbonyl (C=O) groups is 3. The second-order valence-electron chi connectivity index (χ2n) is 10.1. The van der Waals surface area contributed by atoms with E-state index < -0.39 is 36.4 Å². The van der Waals surface area contributed by atoms with E-state index in [0.29, 0.717) is 23.4 Å². The number of hydrogen-bond donors (Lipinski definition) is 3. The summed E-state index contributed by atoms with van der Waals surface area (Å²) in [6, 6.07) is 14.4. The van der Waals surface area contributed by atoms with Crippen molar-refractivity contribution in [3.8, 4) is 5.75 Å². The molecule has 3 heterocycles. The number of carbonyl (C=O) groups excluding carboxylic acids is 3. The van der Waals surface area contributed by atoms with E-state index in [1.807, 2.05) is 24.3 Å². The second kappa shape index (κ2) is 16.8. The predicted molar refractivity (Wildman–Crippen MR) is 158 cm³/mol. The number of aromatic nitrogens is 2. The van der Waals surface area contributed by atoms with Crippen LogP contribution in [0.15, 0.2) is 48.7 Å². The van der Waals surface area contributed by atoms with Gasteiger partial charge in [0.2, 0.25) is 12.2 Å². The minimum atomic E-state index is -5.77. The van der Waals surface area contributed by atoms with Crippen molar-refractivity contribution >= 4 is 52.6 Å². The number of benzene rings is 2. The molecular weight excluding hydrogens is 703 g/mol. The fourth-order valence-corrected chi connectivity index (χ4v) is 4.32. The van der Waals surface area contributed by atoms with Crippen molar-refractivity contribution in [2.75, 3.05) is 43.4 Å². The van der Waals surface area contributed by atoms with Crippen LogP contribution in [0.4, 0.5) is 62.7 Å². The van der Waals surface area contributed by atoms with Gasteiger partial charge >= 0.3 is 30.1 Å². The van der Waals surface area contributed by atoms with Crippen LogP contribution in [0.5, 0.6) is 5.75 Å². The molecule has 5 rings (SSSR count). The van der Waals surface area contributed by atoms with Gasteiger partial charge < -0.3 is 20.7 Å². The highest BCUT2D eigenvalue weighted by molar-refractivity contribution is 6.41. The molecule has 1 fully saturated rings. The Morgan fingerprint density at radius 2 is 1.53 bits per heavy atom. The molecule has 0 aliphatic carbocycles. The molecule has 0 saturated carbocycles. The van der Waals surface area contributed by atoms with Gasteiger partial charge in [-0.05, 0) is 35.4 Å². The maximum absolute atomic E-state index is 11.2. The number of fused-ring (bicyclic) bond motifs is 6. The normalized spacial score (nSPS) is 14.9. The zero-order valence-corrected chi connectivity index (χ0v) is 25.7. The van der Waals surface area contributed by atoms with Crippen LogP contribution in [-0.4, -0.2) is 84.0 Å². The van der Waals surface area contributed by atoms with Crippen molar-refractivity contribution < 1.29 is 58.6 Å². The summed E-state index contributed by atoms with van der Waals surface area (Å²) in [5, 5.41) is 10.5. The Kier molecular flexibility index (Phi) is 13.3. The first-order valence-corrected chi connectivity index (χ1v) is 14.3. The Labute approximate surface area is 277 Å². The molecule has 1 saturated heterocycles. The number of piperazine rings is 1. The molecule has 0 spiro atoms. The van der Waals surface area contributed by atoms with Gasteiger partial charge in [0.05, 0.1) is 12.8 Å². The zero-order valence-electron chi connectivity index (χ0n) is 24.9. The number of ketones is 2. The number of aldehydes is 1. The van der Waals surface area contributed by atoms with Crippen molar-refractivity contribution in [3.05, 3.63) is 64.8 Å². The van der Waals surface area contributed by atoms with Gasteiger partial charge in [-0.1, -0.05) is 23.7 Å². The third kappa shape index (κ3) is 13.1. The number of rotatable bonds is 3. The molecule has 2 aliphatic rings. The quantitative estimate of drug-likeness (QED) is 0.169. The van der Waals surface area contributed by atoms with Crippen LogP contribution in [0.1, 0.15) is 11.1 Å². The number of halogens is 10. The van der Waals surface area contributed by atoms with Crippen molar-refractivity contribution in [2.45, 2.75) is 31.5 Å². The SMILES string of the molecule is Clc1cnc2nc1Nc1cccc(c1)OCCc1cc(CN3CCNCC3)cc(c1)N2.O=C(C(=O)C(F)(F)F)C(F)(F)F.O=CC(F)(F)F. The van der Waals surface area contributed by atoms with E-state index in [9.17, 15) is 49.1 Å². The fourth-order valence-electron chi connectivity index (χ4n) is 4.19. The molecule has 0 atom stereocenters. The van der Waals surface area contributed by atoms with E-state index in [1.54, 1.807) is 6.20 Å². The summed E-state index contributed by atoms with van der Waals surface area (Å²) >= 11 is 6.34. The smallest absolute Gasteiger partial charge is 0.458 e. The van der Waals surface area contributed by atoms with Crippen LogP contribution in [0.3, 0.4) is 0 Å².